The number of imide groups is 1. The van der Waals surface area contributed by atoms with Crippen molar-refractivity contribution in [1.29, 1.82) is 0 Å². The number of rotatable bonds is 2. The molecule has 0 aromatic heterocycles. The van der Waals surface area contributed by atoms with E-state index in [1.54, 1.807) is 18.2 Å². The monoisotopic (exact) mass is 355 g/mol. The summed E-state index contributed by atoms with van der Waals surface area (Å²) in [4.78, 5) is 26.4. The van der Waals surface area contributed by atoms with Crippen LogP contribution < -0.4 is 4.90 Å². The molecule has 1 saturated heterocycles. The number of halogens is 2. The Labute approximate surface area is 131 Å². The van der Waals surface area contributed by atoms with Crippen LogP contribution in [0.25, 0.3) is 0 Å². The molecule has 2 unspecified atom stereocenters. The minimum atomic E-state index is -0.140. The molecule has 2 atom stereocenters. The third kappa shape index (κ3) is 2.09. The molecule has 2 amide bonds. The first-order valence-corrected chi connectivity index (χ1v) is 8.03. The van der Waals surface area contributed by atoms with Gasteiger partial charge in [0.05, 0.1) is 17.5 Å². The maximum absolute atomic E-state index is 12.6. The van der Waals surface area contributed by atoms with Crippen LogP contribution in [0.4, 0.5) is 5.69 Å². The van der Waals surface area contributed by atoms with Crippen molar-refractivity contribution in [3.05, 3.63) is 27.7 Å². The lowest BCUT2D eigenvalue weighted by Crippen LogP contribution is -2.32. The van der Waals surface area contributed by atoms with E-state index < -0.39 is 0 Å². The molecular formula is C15H15BrClNO2. The fraction of sp³-hybridized carbons (Fsp3) is 0.467. The van der Waals surface area contributed by atoms with Crippen LogP contribution in [0, 0.1) is 17.8 Å². The SMILES string of the molecule is CCC1CC2C(=O)N(c3cc(Cl)ccc3Br)C(=O)C2C1. The van der Waals surface area contributed by atoms with E-state index in [-0.39, 0.29) is 23.7 Å². The average Bonchev–Trinajstić information content (AvgIpc) is 2.94. The first kappa shape index (κ1) is 14.1. The van der Waals surface area contributed by atoms with Crippen LogP contribution in [0.1, 0.15) is 26.2 Å². The fourth-order valence-corrected chi connectivity index (χ4v) is 3.95. The Morgan fingerprint density at radius 1 is 1.25 bits per heavy atom. The summed E-state index contributed by atoms with van der Waals surface area (Å²) < 4.78 is 0.718. The van der Waals surface area contributed by atoms with Gasteiger partial charge in [-0.05, 0) is 52.9 Å². The summed E-state index contributed by atoms with van der Waals surface area (Å²) in [6.45, 7) is 2.12. The largest absolute Gasteiger partial charge is 0.274 e. The van der Waals surface area contributed by atoms with Crippen molar-refractivity contribution in [2.75, 3.05) is 4.90 Å². The van der Waals surface area contributed by atoms with Gasteiger partial charge >= 0.3 is 0 Å². The average molecular weight is 357 g/mol. The van der Waals surface area contributed by atoms with Crippen molar-refractivity contribution in [1.82, 2.24) is 0 Å². The molecule has 1 aliphatic carbocycles. The Hall–Kier alpha value is -0.870. The van der Waals surface area contributed by atoms with Gasteiger partial charge < -0.3 is 0 Å². The molecule has 0 spiro atoms. The first-order valence-electron chi connectivity index (χ1n) is 6.85. The Bertz CT molecular complexity index is 565. The van der Waals surface area contributed by atoms with Gasteiger partial charge in [-0.2, -0.15) is 0 Å². The predicted octanol–water partition coefficient (Wildman–Crippen LogP) is 4.03. The highest BCUT2D eigenvalue weighted by Gasteiger charge is 2.53. The summed E-state index contributed by atoms with van der Waals surface area (Å²) in [6, 6.07) is 5.16. The lowest BCUT2D eigenvalue weighted by molar-refractivity contribution is -0.123. The molecule has 0 N–H and O–H groups in total. The molecule has 1 aromatic rings. The highest BCUT2D eigenvalue weighted by molar-refractivity contribution is 9.10. The quantitative estimate of drug-likeness (QED) is 0.750. The number of amides is 2. The number of hydrogen-bond acceptors (Lipinski definition) is 2. The summed E-state index contributed by atoms with van der Waals surface area (Å²) in [5.41, 5.74) is 0.565. The second kappa shape index (κ2) is 5.15. The Kier molecular flexibility index (Phi) is 3.63. The number of fused-ring (bicyclic) bond motifs is 1. The molecule has 106 valence electrons. The second-order valence-electron chi connectivity index (χ2n) is 5.57. The van der Waals surface area contributed by atoms with Crippen LogP contribution in [0.3, 0.4) is 0 Å². The van der Waals surface area contributed by atoms with E-state index in [0.29, 0.717) is 16.6 Å². The molecule has 20 heavy (non-hydrogen) atoms. The number of nitrogens with zero attached hydrogens (tertiary/aromatic N) is 1. The van der Waals surface area contributed by atoms with Crippen LogP contribution in [0.5, 0.6) is 0 Å². The van der Waals surface area contributed by atoms with E-state index in [4.69, 9.17) is 11.6 Å². The molecule has 0 radical (unpaired) electrons. The van der Waals surface area contributed by atoms with Crippen molar-refractivity contribution in [3.63, 3.8) is 0 Å². The van der Waals surface area contributed by atoms with Gasteiger partial charge in [-0.3, -0.25) is 9.59 Å². The van der Waals surface area contributed by atoms with E-state index in [2.05, 4.69) is 22.9 Å². The molecule has 1 saturated carbocycles. The lowest BCUT2D eigenvalue weighted by Gasteiger charge is -2.19. The first-order chi connectivity index (χ1) is 9.52. The van der Waals surface area contributed by atoms with E-state index in [0.717, 1.165) is 23.7 Å². The van der Waals surface area contributed by atoms with Gasteiger partial charge in [0.2, 0.25) is 11.8 Å². The smallest absolute Gasteiger partial charge is 0.237 e. The topological polar surface area (TPSA) is 37.4 Å². The van der Waals surface area contributed by atoms with Gasteiger partial charge in [0, 0.05) is 9.50 Å². The Balaban J connectivity index is 1.96. The zero-order valence-corrected chi connectivity index (χ0v) is 13.4. The third-order valence-electron chi connectivity index (χ3n) is 4.46. The number of benzene rings is 1. The van der Waals surface area contributed by atoms with E-state index in [9.17, 15) is 9.59 Å². The number of carbonyl (C=O) groups is 2. The van der Waals surface area contributed by atoms with Crippen LogP contribution in [0.15, 0.2) is 22.7 Å². The van der Waals surface area contributed by atoms with Gasteiger partial charge in [-0.1, -0.05) is 24.9 Å². The molecular weight excluding hydrogens is 342 g/mol. The molecule has 2 aliphatic rings. The summed E-state index contributed by atoms with van der Waals surface area (Å²) in [7, 11) is 0. The van der Waals surface area contributed by atoms with Crippen molar-refractivity contribution in [2.45, 2.75) is 26.2 Å². The maximum atomic E-state index is 12.6. The number of carbonyl (C=O) groups excluding carboxylic acids is 2. The summed E-state index contributed by atoms with van der Waals surface area (Å²) in [6.07, 6.45) is 2.70. The van der Waals surface area contributed by atoms with E-state index >= 15 is 0 Å². The van der Waals surface area contributed by atoms with E-state index in [1.165, 1.54) is 4.90 Å². The highest BCUT2D eigenvalue weighted by atomic mass is 79.9. The van der Waals surface area contributed by atoms with Crippen molar-refractivity contribution in [2.24, 2.45) is 17.8 Å². The Morgan fingerprint density at radius 2 is 1.85 bits per heavy atom. The number of anilines is 1. The molecule has 0 bridgehead atoms. The number of hydrogen-bond donors (Lipinski definition) is 0. The summed E-state index contributed by atoms with van der Waals surface area (Å²) in [5.74, 6) is 0.0809. The highest BCUT2D eigenvalue weighted by Crippen LogP contribution is 2.46. The van der Waals surface area contributed by atoms with Gasteiger partial charge in [0.15, 0.2) is 0 Å². The predicted molar refractivity (Wildman–Crippen MR) is 81.6 cm³/mol. The fourth-order valence-electron chi connectivity index (χ4n) is 3.36. The Morgan fingerprint density at radius 3 is 2.40 bits per heavy atom. The molecule has 3 nitrogen and oxygen atoms in total. The van der Waals surface area contributed by atoms with Gasteiger partial charge in [-0.15, -0.1) is 0 Å². The van der Waals surface area contributed by atoms with Gasteiger partial charge in [0.25, 0.3) is 0 Å². The zero-order valence-electron chi connectivity index (χ0n) is 11.1. The van der Waals surface area contributed by atoms with Crippen LogP contribution >= 0.6 is 27.5 Å². The van der Waals surface area contributed by atoms with Crippen molar-refractivity contribution in [3.8, 4) is 0 Å². The molecule has 3 rings (SSSR count). The van der Waals surface area contributed by atoms with Crippen LogP contribution in [0.2, 0.25) is 5.02 Å². The second-order valence-corrected chi connectivity index (χ2v) is 6.86. The molecule has 1 heterocycles. The maximum Gasteiger partial charge on any atom is 0.237 e. The molecule has 2 fully saturated rings. The van der Waals surface area contributed by atoms with Crippen LogP contribution in [-0.2, 0) is 9.59 Å². The van der Waals surface area contributed by atoms with Crippen molar-refractivity contribution >= 4 is 45.0 Å². The van der Waals surface area contributed by atoms with Gasteiger partial charge in [0.1, 0.15) is 0 Å². The molecule has 1 aromatic carbocycles. The third-order valence-corrected chi connectivity index (χ3v) is 5.37. The lowest BCUT2D eigenvalue weighted by atomic mass is 10.00. The molecule has 1 aliphatic heterocycles. The van der Waals surface area contributed by atoms with Crippen LogP contribution in [-0.4, -0.2) is 11.8 Å². The van der Waals surface area contributed by atoms with Gasteiger partial charge in [-0.25, -0.2) is 4.90 Å². The molecule has 5 heteroatoms. The zero-order chi connectivity index (χ0) is 14.4. The standard InChI is InChI=1S/C15H15BrClNO2/c1-2-8-5-10-11(6-8)15(20)18(14(10)19)13-7-9(17)3-4-12(13)16/h3-4,7-8,10-11H,2,5-6H2,1H3. The normalized spacial score (nSPS) is 29.1. The van der Waals surface area contributed by atoms with E-state index in [1.807, 2.05) is 0 Å². The summed E-state index contributed by atoms with van der Waals surface area (Å²) in [5, 5.41) is 0.521. The minimum absolute atomic E-state index is 0.0704. The minimum Gasteiger partial charge on any atom is -0.274 e. The summed E-state index contributed by atoms with van der Waals surface area (Å²) >= 11 is 9.38. The van der Waals surface area contributed by atoms with Crippen molar-refractivity contribution < 1.29 is 9.59 Å².